The number of hydrogen-bond donors (Lipinski definition) is 4. The Labute approximate surface area is 382 Å². The minimum Gasteiger partial charge on any atom is -0.491 e. The second-order valence-corrected chi connectivity index (χ2v) is 20.1. The van der Waals surface area contributed by atoms with Gasteiger partial charge in [-0.3, -0.25) is 14.5 Å². The van der Waals surface area contributed by atoms with Gasteiger partial charge in [0, 0.05) is 48.9 Å². The van der Waals surface area contributed by atoms with E-state index in [2.05, 4.69) is 20.9 Å². The van der Waals surface area contributed by atoms with Crippen molar-refractivity contribution in [3.05, 3.63) is 28.6 Å². The maximum Gasteiger partial charge on any atom is 0.408 e. The van der Waals surface area contributed by atoms with Gasteiger partial charge in [-0.05, 0) is 82.3 Å². The molecule has 9 rings (SSSR count). The van der Waals surface area contributed by atoms with E-state index >= 15 is 0 Å². The van der Waals surface area contributed by atoms with Gasteiger partial charge >= 0.3 is 12.1 Å². The van der Waals surface area contributed by atoms with Crippen molar-refractivity contribution in [2.45, 2.75) is 127 Å². The number of pyridine rings is 1. The minimum absolute atomic E-state index is 0.00834. The van der Waals surface area contributed by atoms with Gasteiger partial charge in [-0.1, -0.05) is 43.7 Å². The molecule has 8 atom stereocenters. The Hall–Kier alpha value is -4.45. The van der Waals surface area contributed by atoms with E-state index < -0.39 is 47.6 Å². The highest BCUT2D eigenvalue weighted by Gasteiger charge is 2.62. The van der Waals surface area contributed by atoms with Crippen molar-refractivity contribution in [2.24, 2.45) is 17.8 Å². The lowest BCUT2D eigenvalue weighted by atomic mass is 10.0. The number of nitrogens with zero attached hydrogens (tertiary/aromatic N) is 4. The number of alkyl carbamates (subject to hydrolysis) is 1. The maximum atomic E-state index is 14.8. The number of carboxylic acid groups (broad SMARTS) is 1. The number of aromatic nitrogens is 2. The number of fused-ring (bicyclic) bond motifs is 4. The Bertz CT molecular complexity index is 2210. The molecule has 5 heterocycles. The normalized spacial score (nSPS) is 29.8. The zero-order valence-corrected chi connectivity index (χ0v) is 38.2. The number of carbonyl (C=O) groups excluding carboxylic acids is 3. The van der Waals surface area contributed by atoms with E-state index in [4.69, 9.17) is 40.5 Å². The number of anilines is 1. The number of hydrogen-bond acceptors (Lipinski definition) is 13. The lowest BCUT2D eigenvalue weighted by Gasteiger charge is -2.29. The summed E-state index contributed by atoms with van der Waals surface area (Å²) in [6, 6.07) is 3.59. The second kappa shape index (κ2) is 19.2. The van der Waals surface area contributed by atoms with Gasteiger partial charge in [-0.15, -0.1) is 11.3 Å². The molecule has 3 saturated heterocycles. The summed E-state index contributed by atoms with van der Waals surface area (Å²) in [6.45, 7) is 8.25. The van der Waals surface area contributed by atoms with Crippen molar-refractivity contribution >= 4 is 62.8 Å². The molecule has 3 amide bonds. The van der Waals surface area contributed by atoms with Gasteiger partial charge in [-0.2, -0.15) is 0 Å². The molecule has 3 saturated carbocycles. The van der Waals surface area contributed by atoms with Crippen molar-refractivity contribution in [1.29, 1.82) is 0 Å². The van der Waals surface area contributed by atoms with E-state index in [9.17, 15) is 24.3 Å². The van der Waals surface area contributed by atoms with Crippen LogP contribution in [-0.2, 0) is 23.9 Å². The number of morpholine rings is 1. The van der Waals surface area contributed by atoms with Crippen LogP contribution in [0.2, 0.25) is 5.02 Å². The Morgan fingerprint density at radius 1 is 1.00 bits per heavy atom. The van der Waals surface area contributed by atoms with Gasteiger partial charge in [-0.25, -0.2) is 19.6 Å². The largest absolute Gasteiger partial charge is 0.491 e. The lowest BCUT2D eigenvalue weighted by molar-refractivity contribution is -0.146. The van der Waals surface area contributed by atoms with Gasteiger partial charge in [0.25, 0.3) is 0 Å². The number of benzene rings is 1. The molecule has 0 bridgehead atoms. The van der Waals surface area contributed by atoms with Crippen LogP contribution in [-0.4, -0.2) is 131 Å². The van der Waals surface area contributed by atoms with E-state index in [1.54, 1.807) is 12.1 Å². The first-order valence-corrected chi connectivity index (χ1v) is 24.5. The van der Waals surface area contributed by atoms with E-state index in [0.717, 1.165) is 56.7 Å². The summed E-state index contributed by atoms with van der Waals surface area (Å²) in [5.74, 6) is -0.124. The Morgan fingerprint density at radius 2 is 1.77 bits per heavy atom. The molecule has 0 radical (unpaired) electrons. The standard InChI is InChI=1S/C46H60ClN7O9S/c1-26(2)48-44-50-35(25-64-44)34-22-38(32-10-11-37(39(47)40(32)49-34)61-17-14-53-12-15-60-16-13-53)62-31-21-36-41(55)52-46(43(57)58)23-29(46)8-6-4-3-5-7-9-33(42(56)54(36)24-31)51-45(59)63-30-19-27-18-28(27)20-30/h10-11,22,25-31,33,36H,3-9,12-21,23-24H2,1-2H3,(H,48,50)(H,51,59)(H,52,55)(H,57,58)/t27-,28+,29-,30?,31-,33+,36+,46-/m1/s1. The molecule has 0 spiro atoms. The number of nitrogens with one attached hydrogen (secondary N) is 3. The molecule has 16 nitrogen and oxygen atoms in total. The van der Waals surface area contributed by atoms with E-state index in [0.29, 0.717) is 103 Å². The number of carboxylic acids is 1. The van der Waals surface area contributed by atoms with Gasteiger partial charge in [0.05, 0.1) is 31.0 Å². The molecule has 4 N–H and O–H groups in total. The molecule has 6 fully saturated rings. The van der Waals surface area contributed by atoms with Crippen molar-refractivity contribution in [2.75, 3.05) is 51.3 Å². The van der Waals surface area contributed by atoms with E-state index in [1.807, 2.05) is 25.3 Å². The average Bonchev–Trinajstić information content (AvgIpc) is 3.92. The smallest absolute Gasteiger partial charge is 0.408 e. The lowest BCUT2D eigenvalue weighted by Crippen LogP contribution is -2.56. The van der Waals surface area contributed by atoms with Crippen molar-refractivity contribution in [3.63, 3.8) is 0 Å². The van der Waals surface area contributed by atoms with E-state index in [-0.39, 0.29) is 31.0 Å². The van der Waals surface area contributed by atoms with Gasteiger partial charge in [0.15, 0.2) is 5.13 Å². The monoisotopic (exact) mass is 921 g/mol. The van der Waals surface area contributed by atoms with Gasteiger partial charge in [0.2, 0.25) is 11.8 Å². The molecule has 3 aliphatic heterocycles. The van der Waals surface area contributed by atoms with Crippen molar-refractivity contribution < 1.29 is 43.2 Å². The van der Waals surface area contributed by atoms with Crippen molar-refractivity contribution in [1.82, 2.24) is 30.4 Å². The molecule has 3 aromatic rings. The van der Waals surface area contributed by atoms with Gasteiger partial charge in [0.1, 0.15) is 58.7 Å². The van der Waals surface area contributed by atoms with Crippen LogP contribution in [0.3, 0.4) is 0 Å². The van der Waals surface area contributed by atoms with Crippen LogP contribution >= 0.6 is 22.9 Å². The van der Waals surface area contributed by atoms with E-state index in [1.165, 1.54) is 22.7 Å². The molecule has 1 unspecified atom stereocenters. The highest BCUT2D eigenvalue weighted by atomic mass is 35.5. The first kappa shape index (κ1) is 44.7. The van der Waals surface area contributed by atoms with Crippen LogP contribution < -0.4 is 25.4 Å². The first-order chi connectivity index (χ1) is 30.9. The third-order valence-electron chi connectivity index (χ3n) is 13.9. The number of halogens is 1. The summed E-state index contributed by atoms with van der Waals surface area (Å²) in [5.41, 5.74) is 0.170. The summed E-state index contributed by atoms with van der Waals surface area (Å²) < 4.78 is 24.4. The third-order valence-corrected chi connectivity index (χ3v) is 15.0. The van der Waals surface area contributed by atoms with Crippen molar-refractivity contribution in [3.8, 4) is 22.9 Å². The molecule has 1 aromatic carbocycles. The molecule has 3 aliphatic carbocycles. The number of aliphatic carboxylic acids is 1. The number of carbonyl (C=O) groups is 4. The quantitative estimate of drug-likeness (QED) is 0.154. The second-order valence-electron chi connectivity index (χ2n) is 18.9. The fourth-order valence-corrected chi connectivity index (χ4v) is 11.3. The predicted octanol–water partition coefficient (Wildman–Crippen LogP) is 6.49. The molecule has 18 heteroatoms. The maximum absolute atomic E-state index is 14.8. The van der Waals surface area contributed by atoms with Crippen LogP contribution in [0.15, 0.2) is 23.6 Å². The number of amides is 3. The fraction of sp³-hybridized carbons (Fsp3) is 0.652. The highest BCUT2D eigenvalue weighted by Crippen LogP contribution is 2.52. The summed E-state index contributed by atoms with van der Waals surface area (Å²) in [7, 11) is 0. The SMILES string of the molecule is CC(C)Nc1nc(-c2cc(O[C@@H]3C[C@H]4C(=O)N[C@]5(C(=O)O)C[C@H]5CCCCCCC[C@H](NC(=O)OC5C[C@@H]6C[C@@H]6C5)C(=O)N4C3)c3ccc(OCCN4CCOCC4)c(Cl)c3n2)cs1. The number of thiazole rings is 1. The Kier molecular flexibility index (Phi) is 13.4. The predicted molar refractivity (Wildman–Crippen MR) is 241 cm³/mol. The highest BCUT2D eigenvalue weighted by molar-refractivity contribution is 7.14. The first-order valence-electron chi connectivity index (χ1n) is 23.2. The third kappa shape index (κ3) is 10.0. The Balaban J connectivity index is 1.01. The molecule has 64 heavy (non-hydrogen) atoms. The fourth-order valence-electron chi connectivity index (χ4n) is 10.2. The zero-order chi connectivity index (χ0) is 44.5. The summed E-state index contributed by atoms with van der Waals surface area (Å²) in [5, 5.41) is 23.1. The topological polar surface area (TPSA) is 194 Å². The summed E-state index contributed by atoms with van der Waals surface area (Å²) in [6.07, 6.45) is 7.07. The summed E-state index contributed by atoms with van der Waals surface area (Å²) in [4.78, 5) is 68.9. The van der Waals surface area contributed by atoms with Crippen LogP contribution in [0.25, 0.3) is 22.3 Å². The summed E-state index contributed by atoms with van der Waals surface area (Å²) >= 11 is 8.57. The molecular weight excluding hydrogens is 862 g/mol. The Morgan fingerprint density at radius 3 is 2.53 bits per heavy atom. The molecule has 346 valence electrons. The molecular formula is C46H60ClN7O9S. The van der Waals surface area contributed by atoms with Crippen LogP contribution in [0, 0.1) is 17.8 Å². The minimum atomic E-state index is -1.39. The number of rotatable bonds is 12. The van der Waals surface area contributed by atoms with Crippen LogP contribution in [0.4, 0.5) is 9.93 Å². The molecule has 6 aliphatic rings. The van der Waals surface area contributed by atoms with Crippen LogP contribution in [0.5, 0.6) is 11.5 Å². The number of ether oxygens (including phenoxy) is 4. The molecule has 2 aromatic heterocycles. The van der Waals surface area contributed by atoms with Gasteiger partial charge < -0.3 is 44.9 Å². The average molecular weight is 923 g/mol. The van der Waals surface area contributed by atoms with Crippen LogP contribution in [0.1, 0.15) is 90.9 Å². The zero-order valence-electron chi connectivity index (χ0n) is 36.7.